The van der Waals surface area contributed by atoms with Crippen LogP contribution in [0.1, 0.15) is 18.5 Å². The maximum atomic E-state index is 11.7. The largest absolute Gasteiger partial charge is 0.432 e. The van der Waals surface area contributed by atoms with Crippen LogP contribution in [0.2, 0.25) is 0 Å². The number of nitrogens with zero attached hydrogens (tertiary/aromatic N) is 1. The van der Waals surface area contributed by atoms with Crippen LogP contribution in [-0.2, 0) is 4.79 Å². The number of hydrogen-bond acceptors (Lipinski definition) is 4. The third kappa shape index (κ3) is 2.56. The average molecular weight is 209 g/mol. The third-order valence-electron chi connectivity index (χ3n) is 2.52. The van der Waals surface area contributed by atoms with Gasteiger partial charge in [0.2, 0.25) is 5.91 Å². The number of oxazole rings is 1. The van der Waals surface area contributed by atoms with E-state index in [-0.39, 0.29) is 11.8 Å². The molecule has 0 saturated carbocycles. The quantitative estimate of drug-likeness (QED) is 0.760. The molecule has 2 heterocycles. The summed E-state index contributed by atoms with van der Waals surface area (Å²) in [6, 6.07) is 0.295. The summed E-state index contributed by atoms with van der Waals surface area (Å²) in [6.45, 7) is 3.56. The summed E-state index contributed by atoms with van der Waals surface area (Å²) in [5, 5.41) is 5.87. The zero-order valence-corrected chi connectivity index (χ0v) is 8.75. The highest BCUT2D eigenvalue weighted by molar-refractivity contribution is 5.90. The number of hydrogen-bond donors (Lipinski definition) is 2. The second-order valence-corrected chi connectivity index (χ2v) is 3.83. The fourth-order valence-corrected chi connectivity index (χ4v) is 1.69. The fourth-order valence-electron chi connectivity index (χ4n) is 1.69. The number of rotatable bonds is 2. The summed E-state index contributed by atoms with van der Waals surface area (Å²) in [4.78, 5) is 15.8. The molecular weight excluding hydrogens is 194 g/mol. The van der Waals surface area contributed by atoms with E-state index in [0.717, 1.165) is 31.6 Å². The van der Waals surface area contributed by atoms with Gasteiger partial charge >= 0.3 is 6.01 Å². The number of amides is 1. The van der Waals surface area contributed by atoms with Crippen molar-refractivity contribution in [1.82, 2.24) is 10.3 Å². The number of aromatic nitrogens is 1. The van der Waals surface area contributed by atoms with Crippen LogP contribution in [0.5, 0.6) is 0 Å². The standard InChI is InChI=1S/C10H15N3O2/c1-7-6-15-10(12-7)13-9(14)8-3-2-4-11-5-8/h6,8,11H,2-5H2,1H3,(H,12,13,14)/t8-/m0/s1. The van der Waals surface area contributed by atoms with Gasteiger partial charge in [0.15, 0.2) is 0 Å². The highest BCUT2D eigenvalue weighted by Crippen LogP contribution is 2.13. The molecule has 2 rings (SSSR count). The number of carbonyl (C=O) groups is 1. The number of nitrogens with one attached hydrogen (secondary N) is 2. The van der Waals surface area contributed by atoms with Crippen molar-refractivity contribution in [1.29, 1.82) is 0 Å². The summed E-state index contributed by atoms with van der Waals surface area (Å²) in [7, 11) is 0. The molecule has 15 heavy (non-hydrogen) atoms. The molecule has 1 amide bonds. The normalized spacial score (nSPS) is 21.3. The molecule has 82 valence electrons. The van der Waals surface area contributed by atoms with Crippen LogP contribution < -0.4 is 10.6 Å². The van der Waals surface area contributed by atoms with E-state index in [4.69, 9.17) is 4.42 Å². The van der Waals surface area contributed by atoms with E-state index in [1.807, 2.05) is 6.92 Å². The van der Waals surface area contributed by atoms with E-state index in [1.54, 1.807) is 0 Å². The van der Waals surface area contributed by atoms with E-state index in [9.17, 15) is 4.79 Å². The molecule has 2 N–H and O–H groups in total. The van der Waals surface area contributed by atoms with Gasteiger partial charge < -0.3 is 9.73 Å². The Kier molecular flexibility index (Phi) is 3.01. The summed E-state index contributed by atoms with van der Waals surface area (Å²) in [6.07, 6.45) is 3.50. The molecule has 1 fully saturated rings. The van der Waals surface area contributed by atoms with E-state index in [2.05, 4.69) is 15.6 Å². The molecule has 1 saturated heterocycles. The van der Waals surface area contributed by atoms with E-state index < -0.39 is 0 Å². The van der Waals surface area contributed by atoms with E-state index in [0.29, 0.717) is 6.01 Å². The van der Waals surface area contributed by atoms with Gasteiger partial charge in [-0.3, -0.25) is 10.1 Å². The maximum absolute atomic E-state index is 11.7. The topological polar surface area (TPSA) is 67.2 Å². The van der Waals surface area contributed by atoms with Gasteiger partial charge in [0.25, 0.3) is 0 Å². The first-order chi connectivity index (χ1) is 7.25. The van der Waals surface area contributed by atoms with Gasteiger partial charge in [-0.2, -0.15) is 4.98 Å². The minimum absolute atomic E-state index is 0.0101. The van der Waals surface area contributed by atoms with E-state index >= 15 is 0 Å². The van der Waals surface area contributed by atoms with Crippen molar-refractivity contribution in [2.24, 2.45) is 5.92 Å². The zero-order chi connectivity index (χ0) is 10.7. The Balaban J connectivity index is 1.91. The van der Waals surface area contributed by atoms with Crippen molar-refractivity contribution in [3.05, 3.63) is 12.0 Å². The minimum Gasteiger partial charge on any atom is -0.432 e. The van der Waals surface area contributed by atoms with Crippen LogP contribution in [0.4, 0.5) is 6.01 Å². The Morgan fingerprint density at radius 3 is 3.20 bits per heavy atom. The molecule has 0 aliphatic carbocycles. The van der Waals surface area contributed by atoms with Crippen molar-refractivity contribution in [3.63, 3.8) is 0 Å². The number of aryl methyl sites for hydroxylation is 1. The first-order valence-electron chi connectivity index (χ1n) is 5.19. The van der Waals surface area contributed by atoms with Crippen LogP contribution in [0, 0.1) is 12.8 Å². The lowest BCUT2D eigenvalue weighted by Gasteiger charge is -2.20. The molecule has 1 atom stereocenters. The summed E-state index contributed by atoms with van der Waals surface area (Å²) in [5.41, 5.74) is 0.770. The highest BCUT2D eigenvalue weighted by atomic mass is 16.4. The van der Waals surface area contributed by atoms with Gasteiger partial charge in [0.05, 0.1) is 11.6 Å². The maximum Gasteiger partial charge on any atom is 0.301 e. The molecule has 1 aromatic rings. The van der Waals surface area contributed by atoms with Gasteiger partial charge in [-0.15, -0.1) is 0 Å². The van der Waals surface area contributed by atoms with Gasteiger partial charge in [-0.25, -0.2) is 0 Å². The Morgan fingerprint density at radius 1 is 1.73 bits per heavy atom. The van der Waals surface area contributed by atoms with E-state index in [1.165, 1.54) is 6.26 Å². The lowest BCUT2D eigenvalue weighted by Crippen LogP contribution is -2.37. The fraction of sp³-hybridized carbons (Fsp3) is 0.600. The lowest BCUT2D eigenvalue weighted by molar-refractivity contribution is -0.120. The number of carbonyl (C=O) groups excluding carboxylic acids is 1. The van der Waals surface area contributed by atoms with Crippen molar-refractivity contribution < 1.29 is 9.21 Å². The predicted molar refractivity (Wildman–Crippen MR) is 55.5 cm³/mol. The van der Waals surface area contributed by atoms with Crippen LogP contribution in [-0.4, -0.2) is 24.0 Å². The Bertz CT molecular complexity index is 342. The van der Waals surface area contributed by atoms with Crippen molar-refractivity contribution >= 4 is 11.9 Å². The Hall–Kier alpha value is -1.36. The molecule has 5 heteroatoms. The van der Waals surface area contributed by atoms with Crippen molar-refractivity contribution in [2.75, 3.05) is 18.4 Å². The lowest BCUT2D eigenvalue weighted by atomic mass is 9.99. The summed E-state index contributed by atoms with van der Waals surface area (Å²) < 4.78 is 5.06. The molecule has 0 radical (unpaired) electrons. The van der Waals surface area contributed by atoms with Crippen molar-refractivity contribution in [2.45, 2.75) is 19.8 Å². The minimum atomic E-state index is -0.0101. The average Bonchev–Trinajstić information content (AvgIpc) is 2.65. The van der Waals surface area contributed by atoms with Crippen LogP contribution >= 0.6 is 0 Å². The van der Waals surface area contributed by atoms with Crippen LogP contribution in [0.3, 0.4) is 0 Å². The molecule has 0 spiro atoms. The summed E-state index contributed by atoms with van der Waals surface area (Å²) >= 11 is 0. The molecule has 1 aliphatic rings. The van der Waals surface area contributed by atoms with Crippen LogP contribution in [0.25, 0.3) is 0 Å². The molecule has 5 nitrogen and oxygen atoms in total. The molecule has 0 aromatic carbocycles. The monoisotopic (exact) mass is 209 g/mol. The molecule has 0 unspecified atom stereocenters. The second kappa shape index (κ2) is 4.44. The molecular formula is C10H15N3O2. The summed E-state index contributed by atoms with van der Waals surface area (Å²) in [5.74, 6) is 0.0232. The van der Waals surface area contributed by atoms with Gasteiger partial charge in [-0.1, -0.05) is 0 Å². The molecule has 0 bridgehead atoms. The van der Waals surface area contributed by atoms with Gasteiger partial charge in [0, 0.05) is 6.54 Å². The Labute approximate surface area is 88.3 Å². The Morgan fingerprint density at radius 2 is 2.60 bits per heavy atom. The first kappa shape index (κ1) is 10.2. The zero-order valence-electron chi connectivity index (χ0n) is 8.75. The molecule has 1 aromatic heterocycles. The second-order valence-electron chi connectivity index (χ2n) is 3.83. The van der Waals surface area contributed by atoms with Crippen LogP contribution in [0.15, 0.2) is 10.7 Å². The number of anilines is 1. The SMILES string of the molecule is Cc1coc(NC(=O)[C@H]2CCCNC2)n1. The number of piperidine rings is 1. The first-order valence-corrected chi connectivity index (χ1v) is 5.19. The van der Waals surface area contributed by atoms with Crippen molar-refractivity contribution in [3.8, 4) is 0 Å². The predicted octanol–water partition coefficient (Wildman–Crippen LogP) is 0.921. The third-order valence-corrected chi connectivity index (χ3v) is 2.52. The highest BCUT2D eigenvalue weighted by Gasteiger charge is 2.21. The smallest absolute Gasteiger partial charge is 0.301 e. The molecule has 1 aliphatic heterocycles. The van der Waals surface area contributed by atoms with Gasteiger partial charge in [-0.05, 0) is 26.3 Å². The van der Waals surface area contributed by atoms with Gasteiger partial charge in [0.1, 0.15) is 6.26 Å².